The molecule has 3 heteroatoms. The lowest BCUT2D eigenvalue weighted by Crippen LogP contribution is -2.41. The summed E-state index contributed by atoms with van der Waals surface area (Å²) in [4.78, 5) is 0. The molecule has 1 aliphatic rings. The normalized spacial score (nSPS) is 17.8. The molecule has 0 radical (unpaired) electrons. The van der Waals surface area contributed by atoms with Gasteiger partial charge >= 0.3 is 7.12 Å². The largest absolute Gasteiger partial charge is 0.494 e. The first kappa shape index (κ1) is 25.7. The second-order valence-corrected chi connectivity index (χ2v) is 10.1. The molecule has 0 aliphatic carbocycles. The lowest BCUT2D eigenvalue weighted by molar-refractivity contribution is 0.00578. The van der Waals surface area contributed by atoms with E-state index in [1.54, 1.807) is 0 Å². The van der Waals surface area contributed by atoms with Gasteiger partial charge in [0, 0.05) is 0 Å². The maximum Gasteiger partial charge on any atom is 0.494 e. The van der Waals surface area contributed by atoms with Crippen molar-refractivity contribution in [1.29, 1.82) is 0 Å². The molecule has 1 fully saturated rings. The van der Waals surface area contributed by atoms with Crippen LogP contribution >= 0.6 is 0 Å². The van der Waals surface area contributed by atoms with Crippen LogP contribution in [0.1, 0.15) is 51.3 Å². The number of rotatable bonds is 7. The van der Waals surface area contributed by atoms with Gasteiger partial charge in [-0.15, -0.1) is 0 Å². The molecule has 0 amide bonds. The molecule has 1 heterocycles. The highest BCUT2D eigenvalue weighted by Crippen LogP contribution is 2.39. The third kappa shape index (κ3) is 5.23. The Bertz CT molecular complexity index is 1280. The highest BCUT2D eigenvalue weighted by atomic mass is 16.7. The Morgan fingerprint density at radius 3 is 1.86 bits per heavy atom. The van der Waals surface area contributed by atoms with Crippen molar-refractivity contribution in [3.05, 3.63) is 138 Å². The summed E-state index contributed by atoms with van der Waals surface area (Å²) in [6.45, 7) is 14.4. The van der Waals surface area contributed by atoms with Gasteiger partial charge in [-0.25, -0.2) is 0 Å². The summed E-state index contributed by atoms with van der Waals surface area (Å²) in [5, 5.41) is 0. The van der Waals surface area contributed by atoms with E-state index in [4.69, 9.17) is 9.31 Å². The lowest BCUT2D eigenvalue weighted by Gasteiger charge is -2.32. The van der Waals surface area contributed by atoms with E-state index in [1.165, 1.54) is 0 Å². The van der Waals surface area contributed by atoms with Gasteiger partial charge in [-0.3, -0.25) is 0 Å². The van der Waals surface area contributed by atoms with Gasteiger partial charge in [-0.05, 0) is 73.5 Å². The zero-order valence-corrected chi connectivity index (χ0v) is 22.0. The summed E-state index contributed by atoms with van der Waals surface area (Å²) in [6.07, 6.45) is 8.14. The van der Waals surface area contributed by atoms with Crippen molar-refractivity contribution in [3.8, 4) is 0 Å². The van der Waals surface area contributed by atoms with E-state index in [0.29, 0.717) is 0 Å². The van der Waals surface area contributed by atoms with Crippen molar-refractivity contribution >= 4 is 23.7 Å². The Morgan fingerprint density at radius 1 is 0.750 bits per heavy atom. The number of hydrogen-bond donors (Lipinski definition) is 0. The average molecular weight is 474 g/mol. The number of hydrogen-bond acceptors (Lipinski definition) is 2. The van der Waals surface area contributed by atoms with Gasteiger partial charge in [0.15, 0.2) is 0 Å². The molecule has 36 heavy (non-hydrogen) atoms. The fourth-order valence-electron chi connectivity index (χ4n) is 4.47. The first-order valence-electron chi connectivity index (χ1n) is 12.5. The van der Waals surface area contributed by atoms with Gasteiger partial charge in [0.2, 0.25) is 0 Å². The molecule has 0 spiro atoms. The third-order valence-electron chi connectivity index (χ3n) is 7.01. The van der Waals surface area contributed by atoms with Crippen molar-refractivity contribution in [3.63, 3.8) is 0 Å². The summed E-state index contributed by atoms with van der Waals surface area (Å²) in [7, 11) is -0.425. The Labute approximate surface area is 216 Å². The Hall–Kier alpha value is -3.40. The maximum absolute atomic E-state index is 6.39. The fourth-order valence-corrected chi connectivity index (χ4v) is 4.47. The quantitative estimate of drug-likeness (QED) is 0.199. The fraction of sp³-hybridized carbons (Fsp3) is 0.212. The number of allylic oxidation sites excluding steroid dienone is 6. The average Bonchev–Trinajstić information content (AvgIpc) is 3.10. The van der Waals surface area contributed by atoms with Gasteiger partial charge in [0.1, 0.15) is 0 Å². The molecule has 3 aromatic carbocycles. The van der Waals surface area contributed by atoms with E-state index >= 15 is 0 Å². The van der Waals surface area contributed by atoms with Crippen molar-refractivity contribution in [2.24, 2.45) is 0 Å². The molecule has 182 valence electrons. The van der Waals surface area contributed by atoms with Crippen LogP contribution in [0.2, 0.25) is 0 Å². The van der Waals surface area contributed by atoms with E-state index < -0.39 is 18.3 Å². The standard InChI is InChI=1S/C33H35BO2/c1-7-16-25(17-8-2)30(26-18-11-9-12-19-26)31(27-20-13-10-14-21-27)28-22-15-23-29(24-28)34-35-32(3,4)33(5,6)36-34/h7-24H,1H2,2-6H3/b17-8-,25-16+,31-30+. The first-order chi connectivity index (χ1) is 17.3. The van der Waals surface area contributed by atoms with E-state index in [-0.39, 0.29) is 0 Å². The molecular weight excluding hydrogens is 439 g/mol. The minimum atomic E-state index is -0.425. The highest BCUT2D eigenvalue weighted by Gasteiger charge is 2.51. The molecule has 0 unspecified atom stereocenters. The number of benzene rings is 3. The van der Waals surface area contributed by atoms with E-state index in [0.717, 1.165) is 38.9 Å². The molecule has 1 aliphatic heterocycles. The molecule has 0 bridgehead atoms. The maximum atomic E-state index is 6.39. The van der Waals surface area contributed by atoms with Gasteiger partial charge in [-0.2, -0.15) is 0 Å². The monoisotopic (exact) mass is 474 g/mol. The van der Waals surface area contributed by atoms with Crippen molar-refractivity contribution in [2.75, 3.05) is 0 Å². The first-order valence-corrected chi connectivity index (χ1v) is 12.5. The van der Waals surface area contributed by atoms with Crippen LogP contribution in [0.4, 0.5) is 0 Å². The Balaban J connectivity index is 1.99. The van der Waals surface area contributed by atoms with E-state index in [1.807, 2.05) is 13.0 Å². The zero-order chi connectivity index (χ0) is 25.8. The van der Waals surface area contributed by atoms with E-state index in [9.17, 15) is 0 Å². The molecule has 0 N–H and O–H groups in total. The molecule has 0 saturated carbocycles. The molecule has 3 aromatic rings. The van der Waals surface area contributed by atoms with Gasteiger partial charge in [0.05, 0.1) is 11.2 Å². The summed E-state index contributed by atoms with van der Waals surface area (Å²) in [5.41, 5.74) is 6.99. The minimum absolute atomic E-state index is 0.396. The molecular formula is C33H35BO2. The van der Waals surface area contributed by atoms with Gasteiger partial charge in [-0.1, -0.05) is 116 Å². The van der Waals surface area contributed by atoms with Gasteiger partial charge in [0.25, 0.3) is 0 Å². The van der Waals surface area contributed by atoms with Crippen LogP contribution in [-0.2, 0) is 9.31 Å². The van der Waals surface area contributed by atoms with Crippen LogP contribution in [0, 0.1) is 0 Å². The molecule has 4 rings (SSSR count). The summed E-state index contributed by atoms with van der Waals surface area (Å²) >= 11 is 0. The predicted molar refractivity (Wildman–Crippen MR) is 154 cm³/mol. The predicted octanol–water partition coefficient (Wildman–Crippen LogP) is 7.63. The summed E-state index contributed by atoms with van der Waals surface area (Å²) in [5.74, 6) is 0. The summed E-state index contributed by atoms with van der Waals surface area (Å²) in [6, 6.07) is 29.7. The zero-order valence-electron chi connectivity index (χ0n) is 22.0. The van der Waals surface area contributed by atoms with Crippen LogP contribution in [0.15, 0.2) is 121 Å². The summed E-state index contributed by atoms with van der Waals surface area (Å²) < 4.78 is 12.8. The van der Waals surface area contributed by atoms with Crippen LogP contribution in [0.3, 0.4) is 0 Å². The highest BCUT2D eigenvalue weighted by molar-refractivity contribution is 6.62. The van der Waals surface area contributed by atoms with Crippen molar-refractivity contribution in [1.82, 2.24) is 0 Å². The Kier molecular flexibility index (Phi) is 7.63. The van der Waals surface area contributed by atoms with Crippen molar-refractivity contribution in [2.45, 2.75) is 45.8 Å². The second kappa shape index (κ2) is 10.7. The van der Waals surface area contributed by atoms with Gasteiger partial charge < -0.3 is 9.31 Å². The van der Waals surface area contributed by atoms with Crippen molar-refractivity contribution < 1.29 is 9.31 Å². The minimum Gasteiger partial charge on any atom is -0.399 e. The topological polar surface area (TPSA) is 18.5 Å². The molecule has 0 atom stereocenters. The van der Waals surface area contributed by atoms with Crippen LogP contribution < -0.4 is 5.46 Å². The van der Waals surface area contributed by atoms with Crippen LogP contribution in [0.25, 0.3) is 11.1 Å². The molecule has 2 nitrogen and oxygen atoms in total. The smallest absolute Gasteiger partial charge is 0.399 e. The van der Waals surface area contributed by atoms with Crippen LogP contribution in [0.5, 0.6) is 0 Å². The van der Waals surface area contributed by atoms with E-state index in [2.05, 4.69) is 137 Å². The SMILES string of the molecule is C=C/C=C(\C=C/C)C(=C(/c1ccccc1)c1cccc(B2OC(C)(C)C(C)(C)O2)c1)/c1ccccc1. The Morgan fingerprint density at radius 2 is 1.31 bits per heavy atom. The molecule has 0 aromatic heterocycles. The second-order valence-electron chi connectivity index (χ2n) is 10.1. The lowest BCUT2D eigenvalue weighted by atomic mass is 9.76. The van der Waals surface area contributed by atoms with Crippen LogP contribution in [-0.4, -0.2) is 18.3 Å². The third-order valence-corrected chi connectivity index (χ3v) is 7.01. The molecule has 1 saturated heterocycles.